The van der Waals surface area contributed by atoms with Crippen LogP contribution in [0, 0.1) is 17.2 Å². The van der Waals surface area contributed by atoms with Gasteiger partial charge in [-0.2, -0.15) is 19.5 Å². The summed E-state index contributed by atoms with van der Waals surface area (Å²) in [6.07, 6.45) is 4.23. The summed E-state index contributed by atoms with van der Waals surface area (Å²) in [7, 11) is -1.49. The number of sulfonamides is 1. The zero-order valence-corrected chi connectivity index (χ0v) is 21.9. The van der Waals surface area contributed by atoms with E-state index in [1.54, 1.807) is 5.51 Å². The number of nitrogens with two attached hydrogens (primary N) is 2. The van der Waals surface area contributed by atoms with Gasteiger partial charge in [0.2, 0.25) is 16.0 Å². The number of aliphatic imine (C=N–C) groups is 1. The molecule has 13 nitrogen and oxygen atoms in total. The van der Waals surface area contributed by atoms with Crippen molar-refractivity contribution < 1.29 is 13.5 Å². The molecule has 0 radical (unpaired) electrons. The molecular formula is C22H28N10O3S2. The summed E-state index contributed by atoms with van der Waals surface area (Å²) in [6, 6.07) is 2.68. The number of aliphatic hydroxyl groups is 1. The second kappa shape index (κ2) is 8.57. The van der Waals surface area contributed by atoms with Gasteiger partial charge in [-0.05, 0) is 25.7 Å². The van der Waals surface area contributed by atoms with Crippen LogP contribution in [0.1, 0.15) is 25.7 Å². The zero-order chi connectivity index (χ0) is 26.1. The first-order valence-corrected chi connectivity index (χ1v) is 14.4. The SMILES string of the molecule is CN(c1nc(N=C(N)/C=C(\N)CO)c2ncsc2n1)C1C[C@@H]2CC3(S(=O)(=O)N4CC(C#N)C4)C[C@H](C1)N23. The smallest absolute Gasteiger partial charge is 0.233 e. The number of aliphatic hydroxyl groups excluding tert-OH is 1. The molecule has 37 heavy (non-hydrogen) atoms. The predicted molar refractivity (Wildman–Crippen MR) is 138 cm³/mol. The number of amidine groups is 1. The molecule has 15 heteroatoms. The fraction of sp³-hybridized carbons (Fsp3) is 0.591. The molecule has 5 N–H and O–H groups in total. The van der Waals surface area contributed by atoms with Crippen molar-refractivity contribution in [3.05, 3.63) is 17.3 Å². The van der Waals surface area contributed by atoms with Crippen molar-refractivity contribution in [3.8, 4) is 6.07 Å². The Kier molecular flexibility index (Phi) is 5.66. The van der Waals surface area contributed by atoms with Gasteiger partial charge in [-0.15, -0.1) is 11.3 Å². The van der Waals surface area contributed by atoms with Gasteiger partial charge < -0.3 is 21.5 Å². The lowest BCUT2D eigenvalue weighted by atomic mass is 9.67. The van der Waals surface area contributed by atoms with E-state index in [2.05, 4.69) is 25.9 Å². The maximum atomic E-state index is 13.3. The number of nitrogens with zero attached hydrogens (tertiary/aromatic N) is 8. The lowest BCUT2D eigenvalue weighted by Gasteiger charge is -2.73. The van der Waals surface area contributed by atoms with Crippen molar-refractivity contribution in [2.75, 3.05) is 31.6 Å². The first-order chi connectivity index (χ1) is 17.7. The number of anilines is 1. The number of hydrogen-bond donors (Lipinski definition) is 3. The summed E-state index contributed by atoms with van der Waals surface area (Å²) < 4.78 is 28.1. The third-order valence-electron chi connectivity index (χ3n) is 8.09. The molecule has 4 aliphatic rings. The number of piperidine rings is 2. The second-order valence-corrected chi connectivity index (χ2v) is 13.3. The highest BCUT2D eigenvalue weighted by Gasteiger charge is 2.73. The summed E-state index contributed by atoms with van der Waals surface area (Å²) in [6.45, 7) is 0.288. The molecular weight excluding hydrogens is 516 g/mol. The molecule has 2 aromatic heterocycles. The molecule has 0 spiro atoms. The Morgan fingerprint density at radius 3 is 2.70 bits per heavy atom. The minimum absolute atomic E-state index is 0.103. The molecule has 4 saturated heterocycles. The monoisotopic (exact) mass is 544 g/mol. The van der Waals surface area contributed by atoms with Gasteiger partial charge in [-0.1, -0.05) is 0 Å². The van der Waals surface area contributed by atoms with Crippen LogP contribution in [0.5, 0.6) is 0 Å². The number of rotatable bonds is 7. The maximum absolute atomic E-state index is 13.3. The van der Waals surface area contributed by atoms with Crippen LogP contribution >= 0.6 is 11.3 Å². The van der Waals surface area contributed by atoms with Crippen LogP contribution in [-0.4, -0.2) is 93.3 Å². The first-order valence-electron chi connectivity index (χ1n) is 12.1. The van der Waals surface area contributed by atoms with Gasteiger partial charge in [-0.25, -0.2) is 18.4 Å². The Morgan fingerprint density at radius 1 is 1.35 bits per heavy atom. The molecule has 6 heterocycles. The van der Waals surface area contributed by atoms with Crippen LogP contribution in [0.15, 0.2) is 22.3 Å². The van der Waals surface area contributed by atoms with Crippen LogP contribution in [0.25, 0.3) is 10.3 Å². The van der Waals surface area contributed by atoms with Crippen LogP contribution in [0.4, 0.5) is 11.8 Å². The van der Waals surface area contributed by atoms with Gasteiger partial charge >= 0.3 is 0 Å². The van der Waals surface area contributed by atoms with Crippen LogP contribution in [0.2, 0.25) is 0 Å². The van der Waals surface area contributed by atoms with E-state index >= 15 is 0 Å². The largest absolute Gasteiger partial charge is 0.400 e. The van der Waals surface area contributed by atoms with E-state index < -0.39 is 14.9 Å². The Hall–Kier alpha value is -2.90. The third kappa shape index (κ3) is 3.62. The zero-order valence-electron chi connectivity index (χ0n) is 20.2. The van der Waals surface area contributed by atoms with Crippen molar-refractivity contribution in [2.24, 2.45) is 22.4 Å². The minimum atomic E-state index is -3.44. The van der Waals surface area contributed by atoms with E-state index in [4.69, 9.17) is 26.8 Å². The molecule has 0 aliphatic carbocycles. The molecule has 4 fully saturated rings. The Bertz CT molecular complexity index is 1440. The predicted octanol–water partition coefficient (Wildman–Crippen LogP) is -0.163. The van der Waals surface area contributed by atoms with Gasteiger partial charge in [0.15, 0.2) is 10.6 Å². The van der Waals surface area contributed by atoms with Crippen molar-refractivity contribution >= 4 is 49.3 Å². The van der Waals surface area contributed by atoms with E-state index in [9.17, 15) is 8.42 Å². The van der Waals surface area contributed by atoms with Crippen LogP contribution in [-0.2, 0) is 10.0 Å². The van der Waals surface area contributed by atoms with E-state index in [1.807, 2.05) is 11.9 Å². The Labute approximate surface area is 218 Å². The number of aromatic nitrogens is 3. The highest BCUT2D eigenvalue weighted by atomic mass is 32.2. The molecule has 2 aromatic rings. The van der Waals surface area contributed by atoms with E-state index in [1.165, 1.54) is 21.7 Å². The molecule has 0 saturated carbocycles. The van der Waals surface area contributed by atoms with E-state index in [0.717, 1.165) is 12.8 Å². The number of thiazole rings is 1. The lowest BCUT2D eigenvalue weighted by molar-refractivity contribution is -0.177. The maximum Gasteiger partial charge on any atom is 0.233 e. The van der Waals surface area contributed by atoms with Crippen molar-refractivity contribution in [1.82, 2.24) is 24.2 Å². The summed E-state index contributed by atoms with van der Waals surface area (Å²) >= 11 is 1.38. The molecule has 6 rings (SSSR count). The van der Waals surface area contributed by atoms with Crippen molar-refractivity contribution in [2.45, 2.75) is 48.7 Å². The van der Waals surface area contributed by atoms with Gasteiger partial charge in [0, 0.05) is 50.0 Å². The van der Waals surface area contributed by atoms with E-state index in [-0.39, 0.29) is 42.2 Å². The Balaban J connectivity index is 1.20. The Morgan fingerprint density at radius 2 is 2.05 bits per heavy atom. The highest BCUT2D eigenvalue weighted by Crippen LogP contribution is 2.60. The van der Waals surface area contributed by atoms with Gasteiger partial charge in [0.05, 0.1) is 24.1 Å². The molecule has 2 unspecified atom stereocenters. The molecule has 0 bridgehead atoms. The first kappa shape index (κ1) is 24.4. The van der Waals surface area contributed by atoms with E-state index in [0.29, 0.717) is 48.0 Å². The quantitative estimate of drug-likeness (QED) is 0.310. The average Bonchev–Trinajstić information content (AvgIpc) is 3.27. The molecule has 0 amide bonds. The summed E-state index contributed by atoms with van der Waals surface area (Å²) in [5.74, 6) is 0.737. The molecule has 4 atom stereocenters. The fourth-order valence-electron chi connectivity index (χ4n) is 6.23. The van der Waals surface area contributed by atoms with Gasteiger partial charge in [-0.3, -0.25) is 4.90 Å². The third-order valence-corrected chi connectivity index (χ3v) is 11.3. The highest BCUT2D eigenvalue weighted by molar-refractivity contribution is 7.90. The van der Waals surface area contributed by atoms with Gasteiger partial charge in [0.1, 0.15) is 16.2 Å². The van der Waals surface area contributed by atoms with Crippen LogP contribution < -0.4 is 16.4 Å². The topological polar surface area (TPSA) is 191 Å². The van der Waals surface area contributed by atoms with Crippen molar-refractivity contribution in [1.29, 1.82) is 5.26 Å². The minimum Gasteiger partial charge on any atom is -0.400 e. The normalized spacial score (nSPS) is 30.7. The molecule has 4 aliphatic heterocycles. The standard InChI is InChI=1S/C22H28N10O3S2/c1-30(21-28-19(18-20(29-21)36-11-26-18)27-17(25)2-13(24)10-33)14-3-15-5-22(6-16(4-14)32(15)22)37(34,35)31-8-12(7-23)9-31/h2,11-12,14-16,33H,3-6,8-10,24H2,1H3,(H2,25,27,28,29)/b13-2-/t14?,15-,16+,22?. The van der Waals surface area contributed by atoms with Gasteiger partial charge in [0.25, 0.3) is 0 Å². The fourth-order valence-corrected chi connectivity index (χ4v) is 9.48. The number of nitriles is 1. The number of hydrogen-bond acceptors (Lipinski definition) is 12. The van der Waals surface area contributed by atoms with Crippen LogP contribution in [0.3, 0.4) is 0 Å². The summed E-state index contributed by atoms with van der Waals surface area (Å²) in [5, 5.41) is 18.2. The second-order valence-electron chi connectivity index (χ2n) is 10.2. The molecule has 0 aromatic carbocycles. The summed E-state index contributed by atoms with van der Waals surface area (Å²) in [5.41, 5.74) is 14.0. The van der Waals surface area contributed by atoms with Crippen molar-refractivity contribution in [3.63, 3.8) is 0 Å². The number of fused-ring (bicyclic) bond motifs is 1. The summed E-state index contributed by atoms with van der Waals surface area (Å²) in [4.78, 5) is 22.2. The lowest BCUT2D eigenvalue weighted by Crippen LogP contribution is -2.85. The average molecular weight is 545 g/mol. The molecule has 196 valence electrons.